The molecule has 94 valence electrons. The highest BCUT2D eigenvalue weighted by molar-refractivity contribution is 6.05. The van der Waals surface area contributed by atoms with E-state index < -0.39 is 0 Å². The number of aryl methyl sites for hydroxylation is 1. The standard InChI is InChI=1S/C13H15N3O2/c1-3-16-9-8-12(15-16)14-13(17)10-6-4-5-7-11(10)18-2/h4-9H,3H2,1-2H3,(H,14,15,17). The number of amides is 1. The summed E-state index contributed by atoms with van der Waals surface area (Å²) in [6, 6.07) is 8.84. The summed E-state index contributed by atoms with van der Waals surface area (Å²) in [5, 5.41) is 6.93. The fourth-order valence-electron chi connectivity index (χ4n) is 1.62. The molecule has 1 aromatic carbocycles. The number of benzene rings is 1. The molecule has 0 saturated heterocycles. The molecule has 2 aromatic rings. The van der Waals surface area contributed by atoms with Gasteiger partial charge < -0.3 is 10.1 Å². The number of carbonyl (C=O) groups excluding carboxylic acids is 1. The smallest absolute Gasteiger partial charge is 0.260 e. The Bertz CT molecular complexity index is 549. The molecule has 5 heteroatoms. The van der Waals surface area contributed by atoms with E-state index in [1.807, 2.05) is 19.2 Å². The van der Waals surface area contributed by atoms with Crippen LogP contribution < -0.4 is 10.1 Å². The topological polar surface area (TPSA) is 56.2 Å². The number of nitrogens with zero attached hydrogens (tertiary/aromatic N) is 2. The molecule has 0 unspecified atom stereocenters. The van der Waals surface area contributed by atoms with Gasteiger partial charge in [-0.3, -0.25) is 9.48 Å². The zero-order valence-electron chi connectivity index (χ0n) is 10.4. The molecule has 1 N–H and O–H groups in total. The number of rotatable bonds is 4. The summed E-state index contributed by atoms with van der Waals surface area (Å²) in [5.74, 6) is 0.853. The molecule has 2 rings (SSSR count). The van der Waals surface area contributed by atoms with Crippen LogP contribution in [0.1, 0.15) is 17.3 Å². The van der Waals surface area contributed by atoms with E-state index in [4.69, 9.17) is 4.74 Å². The predicted molar refractivity (Wildman–Crippen MR) is 68.8 cm³/mol. The zero-order valence-corrected chi connectivity index (χ0v) is 10.4. The Kier molecular flexibility index (Phi) is 3.62. The summed E-state index contributed by atoms with van der Waals surface area (Å²) >= 11 is 0. The van der Waals surface area contributed by atoms with Crippen molar-refractivity contribution in [1.82, 2.24) is 9.78 Å². The molecular weight excluding hydrogens is 230 g/mol. The van der Waals surface area contributed by atoms with Gasteiger partial charge in [0.05, 0.1) is 12.7 Å². The first-order chi connectivity index (χ1) is 8.74. The number of carbonyl (C=O) groups is 1. The van der Waals surface area contributed by atoms with E-state index >= 15 is 0 Å². The van der Waals surface area contributed by atoms with Crippen LogP contribution in [0.3, 0.4) is 0 Å². The average molecular weight is 245 g/mol. The predicted octanol–water partition coefficient (Wildman–Crippen LogP) is 2.16. The molecule has 1 amide bonds. The Hall–Kier alpha value is -2.30. The molecule has 0 bridgehead atoms. The number of methoxy groups -OCH3 is 1. The molecular formula is C13H15N3O2. The summed E-state index contributed by atoms with van der Waals surface area (Å²) in [6.45, 7) is 2.75. The number of ether oxygens (including phenoxy) is 1. The van der Waals surface area contributed by atoms with Gasteiger partial charge in [-0.25, -0.2) is 0 Å². The third kappa shape index (κ3) is 2.51. The van der Waals surface area contributed by atoms with Crippen molar-refractivity contribution >= 4 is 11.7 Å². The van der Waals surface area contributed by atoms with Gasteiger partial charge >= 0.3 is 0 Å². The van der Waals surface area contributed by atoms with Gasteiger partial charge in [-0.15, -0.1) is 0 Å². The number of para-hydroxylation sites is 1. The van der Waals surface area contributed by atoms with Crippen LogP contribution in [0.15, 0.2) is 36.5 Å². The zero-order chi connectivity index (χ0) is 13.0. The van der Waals surface area contributed by atoms with Crippen molar-refractivity contribution in [2.24, 2.45) is 0 Å². The molecule has 0 aliphatic carbocycles. The molecule has 1 aromatic heterocycles. The summed E-state index contributed by atoms with van der Waals surface area (Å²) in [7, 11) is 1.54. The van der Waals surface area contributed by atoms with Crippen molar-refractivity contribution in [2.75, 3.05) is 12.4 Å². The number of hydrogen-bond acceptors (Lipinski definition) is 3. The lowest BCUT2D eigenvalue weighted by Gasteiger charge is -2.07. The van der Waals surface area contributed by atoms with Crippen LogP contribution in [0.5, 0.6) is 5.75 Å². The van der Waals surface area contributed by atoms with Crippen LogP contribution >= 0.6 is 0 Å². The first-order valence-corrected chi connectivity index (χ1v) is 5.72. The second-order valence-electron chi connectivity index (χ2n) is 3.71. The first-order valence-electron chi connectivity index (χ1n) is 5.72. The van der Waals surface area contributed by atoms with Gasteiger partial charge in [0.2, 0.25) is 0 Å². The van der Waals surface area contributed by atoms with Crippen LogP contribution in [-0.2, 0) is 6.54 Å². The highest BCUT2D eigenvalue weighted by atomic mass is 16.5. The van der Waals surface area contributed by atoms with E-state index in [1.54, 1.807) is 28.9 Å². The lowest BCUT2D eigenvalue weighted by atomic mass is 10.2. The third-order valence-corrected chi connectivity index (χ3v) is 2.56. The third-order valence-electron chi connectivity index (χ3n) is 2.56. The molecule has 5 nitrogen and oxygen atoms in total. The highest BCUT2D eigenvalue weighted by Gasteiger charge is 2.12. The summed E-state index contributed by atoms with van der Waals surface area (Å²) < 4.78 is 6.89. The molecule has 1 heterocycles. The Morgan fingerprint density at radius 3 is 2.83 bits per heavy atom. The first kappa shape index (κ1) is 12.2. The Morgan fingerprint density at radius 1 is 1.39 bits per heavy atom. The lowest BCUT2D eigenvalue weighted by molar-refractivity contribution is 0.102. The normalized spacial score (nSPS) is 10.1. The quantitative estimate of drug-likeness (QED) is 0.898. The van der Waals surface area contributed by atoms with Gasteiger partial charge in [-0.05, 0) is 19.1 Å². The number of anilines is 1. The summed E-state index contributed by atoms with van der Waals surface area (Å²) in [6.07, 6.45) is 1.82. The van der Waals surface area contributed by atoms with Gasteiger partial charge in [0.25, 0.3) is 5.91 Å². The van der Waals surface area contributed by atoms with Crippen molar-refractivity contribution in [2.45, 2.75) is 13.5 Å². The minimum absolute atomic E-state index is 0.228. The maximum absolute atomic E-state index is 12.1. The van der Waals surface area contributed by atoms with E-state index in [0.29, 0.717) is 17.1 Å². The van der Waals surface area contributed by atoms with Crippen molar-refractivity contribution < 1.29 is 9.53 Å². The number of hydrogen-bond donors (Lipinski definition) is 1. The fourth-order valence-corrected chi connectivity index (χ4v) is 1.62. The van der Waals surface area contributed by atoms with Gasteiger partial charge in [0, 0.05) is 18.8 Å². The Balaban J connectivity index is 2.16. The molecule has 0 spiro atoms. The molecule has 0 atom stereocenters. The molecule has 0 saturated carbocycles. The fraction of sp³-hybridized carbons (Fsp3) is 0.231. The van der Waals surface area contributed by atoms with E-state index in [1.165, 1.54) is 7.11 Å². The SMILES string of the molecule is CCn1ccc(NC(=O)c2ccccc2OC)n1. The van der Waals surface area contributed by atoms with Crippen LogP contribution in [-0.4, -0.2) is 22.8 Å². The Labute approximate surface area is 105 Å². The maximum Gasteiger partial charge on any atom is 0.260 e. The second-order valence-corrected chi connectivity index (χ2v) is 3.71. The molecule has 0 radical (unpaired) electrons. The van der Waals surface area contributed by atoms with Crippen LogP contribution in [0, 0.1) is 0 Å². The largest absolute Gasteiger partial charge is 0.496 e. The van der Waals surface area contributed by atoms with Crippen LogP contribution in [0.2, 0.25) is 0 Å². The van der Waals surface area contributed by atoms with Gasteiger partial charge in [-0.2, -0.15) is 5.10 Å². The molecule has 0 aliphatic rings. The van der Waals surface area contributed by atoms with Crippen molar-refractivity contribution in [3.8, 4) is 5.75 Å². The van der Waals surface area contributed by atoms with E-state index in [2.05, 4.69) is 10.4 Å². The second kappa shape index (κ2) is 5.35. The minimum Gasteiger partial charge on any atom is -0.496 e. The summed E-state index contributed by atoms with van der Waals surface area (Å²) in [5.41, 5.74) is 0.492. The minimum atomic E-state index is -0.228. The van der Waals surface area contributed by atoms with Crippen molar-refractivity contribution in [3.63, 3.8) is 0 Å². The van der Waals surface area contributed by atoms with Crippen molar-refractivity contribution in [1.29, 1.82) is 0 Å². The van der Waals surface area contributed by atoms with Crippen molar-refractivity contribution in [3.05, 3.63) is 42.1 Å². The highest BCUT2D eigenvalue weighted by Crippen LogP contribution is 2.18. The lowest BCUT2D eigenvalue weighted by Crippen LogP contribution is -2.13. The van der Waals surface area contributed by atoms with Crippen LogP contribution in [0.25, 0.3) is 0 Å². The number of aromatic nitrogens is 2. The van der Waals surface area contributed by atoms with E-state index in [0.717, 1.165) is 6.54 Å². The average Bonchev–Trinajstić information content (AvgIpc) is 2.86. The Morgan fingerprint density at radius 2 is 2.17 bits per heavy atom. The molecule has 0 fully saturated rings. The van der Waals surface area contributed by atoms with Gasteiger partial charge in [0.1, 0.15) is 5.75 Å². The molecule has 18 heavy (non-hydrogen) atoms. The molecule has 0 aliphatic heterocycles. The monoisotopic (exact) mass is 245 g/mol. The maximum atomic E-state index is 12.1. The van der Waals surface area contributed by atoms with Gasteiger partial charge in [0.15, 0.2) is 5.82 Å². The number of nitrogens with one attached hydrogen (secondary N) is 1. The van der Waals surface area contributed by atoms with Crippen LogP contribution in [0.4, 0.5) is 5.82 Å². The van der Waals surface area contributed by atoms with E-state index in [-0.39, 0.29) is 5.91 Å². The van der Waals surface area contributed by atoms with Gasteiger partial charge in [-0.1, -0.05) is 12.1 Å². The van der Waals surface area contributed by atoms with E-state index in [9.17, 15) is 4.79 Å². The summed E-state index contributed by atoms with van der Waals surface area (Å²) in [4.78, 5) is 12.1.